The van der Waals surface area contributed by atoms with Crippen LogP contribution in [-0.4, -0.2) is 25.4 Å². The van der Waals surface area contributed by atoms with Gasteiger partial charge in [0.2, 0.25) is 10.0 Å². The van der Waals surface area contributed by atoms with Crippen LogP contribution in [0.15, 0.2) is 4.52 Å². The molecule has 1 heterocycles. The zero-order valence-corrected chi connectivity index (χ0v) is 14.4. The lowest BCUT2D eigenvalue weighted by molar-refractivity contribution is 0.359. The summed E-state index contributed by atoms with van der Waals surface area (Å²) in [5.41, 5.74) is 1.85. The van der Waals surface area contributed by atoms with E-state index in [1.165, 1.54) is 19.3 Å². The Labute approximate surface area is 132 Å². The minimum Gasteiger partial charge on any atom is -0.361 e. The zero-order valence-electron chi connectivity index (χ0n) is 13.6. The molecule has 0 aliphatic heterocycles. The predicted molar refractivity (Wildman–Crippen MR) is 85.0 cm³/mol. The molecule has 6 heteroatoms. The van der Waals surface area contributed by atoms with E-state index in [-0.39, 0.29) is 6.04 Å². The largest absolute Gasteiger partial charge is 0.361 e. The van der Waals surface area contributed by atoms with Gasteiger partial charge in [0, 0.05) is 11.6 Å². The lowest BCUT2D eigenvalue weighted by Crippen LogP contribution is -2.38. The summed E-state index contributed by atoms with van der Waals surface area (Å²) in [6.45, 7) is 5.67. The van der Waals surface area contributed by atoms with Crippen molar-refractivity contribution in [3.8, 4) is 0 Å². The van der Waals surface area contributed by atoms with Crippen LogP contribution in [-0.2, 0) is 16.4 Å². The first-order valence-corrected chi connectivity index (χ1v) is 9.91. The molecule has 22 heavy (non-hydrogen) atoms. The zero-order chi connectivity index (χ0) is 15.9. The fourth-order valence-corrected chi connectivity index (χ4v) is 6.12. The second-order valence-corrected chi connectivity index (χ2v) is 9.04. The van der Waals surface area contributed by atoms with Gasteiger partial charge in [0.1, 0.15) is 5.76 Å². The second-order valence-electron chi connectivity index (χ2n) is 7.24. The number of aromatic nitrogens is 1. The van der Waals surface area contributed by atoms with Crippen LogP contribution in [0.2, 0.25) is 0 Å². The van der Waals surface area contributed by atoms with Gasteiger partial charge in [-0.1, -0.05) is 11.6 Å². The number of hydrogen-bond acceptors (Lipinski definition) is 4. The minimum atomic E-state index is -3.22. The van der Waals surface area contributed by atoms with E-state index in [0.717, 1.165) is 29.4 Å². The van der Waals surface area contributed by atoms with Gasteiger partial charge in [-0.05, 0) is 64.2 Å². The highest BCUT2D eigenvalue weighted by molar-refractivity contribution is 7.89. The van der Waals surface area contributed by atoms with Crippen molar-refractivity contribution in [2.75, 3.05) is 5.75 Å². The first kappa shape index (κ1) is 16.0. The van der Waals surface area contributed by atoms with Gasteiger partial charge in [-0.15, -0.1) is 0 Å². The lowest BCUT2D eigenvalue weighted by atomic mass is 9.90. The predicted octanol–water partition coefficient (Wildman–Crippen LogP) is 2.58. The number of aryl methyl sites for hydroxylation is 2. The van der Waals surface area contributed by atoms with Gasteiger partial charge in [0.05, 0.1) is 11.4 Å². The van der Waals surface area contributed by atoms with Gasteiger partial charge in [-0.25, -0.2) is 13.1 Å². The highest BCUT2D eigenvalue weighted by Gasteiger charge is 2.41. The van der Waals surface area contributed by atoms with Crippen molar-refractivity contribution in [2.24, 2.45) is 17.8 Å². The molecule has 0 aromatic carbocycles. The SMILES string of the molecule is Cc1noc(C)c1C[C@H](C)NS(=O)(=O)C[C@@H]1C[C@H]2CC[C@H]1C2. The van der Waals surface area contributed by atoms with Crippen molar-refractivity contribution in [1.29, 1.82) is 0 Å². The van der Waals surface area contributed by atoms with Gasteiger partial charge in [-0.3, -0.25) is 0 Å². The van der Waals surface area contributed by atoms with Crippen molar-refractivity contribution in [3.63, 3.8) is 0 Å². The second kappa shape index (κ2) is 5.96. The Morgan fingerprint density at radius 2 is 2.09 bits per heavy atom. The average molecular weight is 326 g/mol. The highest BCUT2D eigenvalue weighted by atomic mass is 32.2. The maximum atomic E-state index is 12.4. The number of rotatable bonds is 6. The van der Waals surface area contributed by atoms with Crippen LogP contribution in [0.25, 0.3) is 0 Å². The van der Waals surface area contributed by atoms with E-state index in [4.69, 9.17) is 4.52 Å². The molecule has 0 radical (unpaired) electrons. The molecule has 1 N–H and O–H groups in total. The molecule has 1 aromatic heterocycles. The molecule has 124 valence electrons. The summed E-state index contributed by atoms with van der Waals surface area (Å²) in [6.07, 6.45) is 5.49. The smallest absolute Gasteiger partial charge is 0.212 e. The van der Waals surface area contributed by atoms with E-state index in [1.54, 1.807) is 0 Å². The van der Waals surface area contributed by atoms with Gasteiger partial charge in [0.15, 0.2) is 0 Å². The molecule has 0 spiro atoms. The van der Waals surface area contributed by atoms with E-state index in [1.807, 2.05) is 20.8 Å². The summed E-state index contributed by atoms with van der Waals surface area (Å²) in [6, 6.07) is -0.139. The van der Waals surface area contributed by atoms with E-state index in [2.05, 4.69) is 9.88 Å². The topological polar surface area (TPSA) is 72.2 Å². The maximum Gasteiger partial charge on any atom is 0.212 e. The van der Waals surface area contributed by atoms with Crippen LogP contribution < -0.4 is 4.72 Å². The quantitative estimate of drug-likeness (QED) is 0.872. The number of nitrogens with one attached hydrogen (secondary N) is 1. The first-order valence-electron chi connectivity index (χ1n) is 8.26. The molecule has 4 atom stereocenters. The minimum absolute atomic E-state index is 0.139. The van der Waals surface area contributed by atoms with Crippen molar-refractivity contribution < 1.29 is 12.9 Å². The summed E-state index contributed by atoms with van der Waals surface area (Å²) in [4.78, 5) is 0. The van der Waals surface area contributed by atoms with Gasteiger partial charge >= 0.3 is 0 Å². The lowest BCUT2D eigenvalue weighted by Gasteiger charge is -2.22. The third-order valence-electron chi connectivity index (χ3n) is 5.39. The fourth-order valence-electron chi connectivity index (χ4n) is 4.36. The Hall–Kier alpha value is -0.880. The molecule has 1 aromatic rings. The van der Waals surface area contributed by atoms with Crippen molar-refractivity contribution in [2.45, 2.75) is 58.9 Å². The highest BCUT2D eigenvalue weighted by Crippen LogP contribution is 2.48. The molecule has 2 aliphatic rings. The Morgan fingerprint density at radius 3 is 2.64 bits per heavy atom. The normalized spacial score (nSPS) is 29.1. The van der Waals surface area contributed by atoms with Crippen molar-refractivity contribution >= 4 is 10.0 Å². The Kier molecular flexibility index (Phi) is 4.34. The molecule has 0 unspecified atom stereocenters. The van der Waals surface area contributed by atoms with Crippen LogP contribution in [0.4, 0.5) is 0 Å². The number of hydrogen-bond donors (Lipinski definition) is 1. The molecule has 3 rings (SSSR count). The molecule has 0 amide bonds. The Bertz CT molecular complexity index is 618. The number of fused-ring (bicyclic) bond motifs is 2. The van der Waals surface area contributed by atoms with Crippen LogP contribution in [0.1, 0.15) is 49.6 Å². The summed E-state index contributed by atoms with van der Waals surface area (Å²) >= 11 is 0. The molecule has 0 saturated heterocycles. The van der Waals surface area contributed by atoms with Gasteiger partial charge in [-0.2, -0.15) is 0 Å². The van der Waals surface area contributed by atoms with Crippen LogP contribution in [0.3, 0.4) is 0 Å². The molecule has 2 bridgehead atoms. The standard InChI is InChI=1S/C16H26N2O3S/c1-10(6-16-11(2)17-21-12(16)3)18-22(19,20)9-15-8-13-4-5-14(15)7-13/h10,13-15,18H,4-9H2,1-3H3/t10-,13-,14-,15-/m0/s1. The molecule has 2 saturated carbocycles. The van der Waals surface area contributed by atoms with Crippen molar-refractivity contribution in [3.05, 3.63) is 17.0 Å². The third-order valence-corrected chi connectivity index (χ3v) is 7.02. The number of sulfonamides is 1. The molecule has 2 aliphatic carbocycles. The number of nitrogens with zero attached hydrogens (tertiary/aromatic N) is 1. The van der Waals surface area contributed by atoms with E-state index in [9.17, 15) is 8.42 Å². The maximum absolute atomic E-state index is 12.4. The monoisotopic (exact) mass is 326 g/mol. The average Bonchev–Trinajstić information content (AvgIpc) is 3.09. The third kappa shape index (κ3) is 3.38. The first-order chi connectivity index (χ1) is 10.3. The van der Waals surface area contributed by atoms with Crippen LogP contribution in [0, 0.1) is 31.6 Å². The van der Waals surface area contributed by atoms with E-state index < -0.39 is 10.0 Å². The Morgan fingerprint density at radius 1 is 1.32 bits per heavy atom. The molecular formula is C16H26N2O3S. The Balaban J connectivity index is 1.57. The van der Waals surface area contributed by atoms with Crippen LogP contribution in [0.5, 0.6) is 0 Å². The van der Waals surface area contributed by atoms with Gasteiger partial charge in [0.25, 0.3) is 0 Å². The summed E-state index contributed by atoms with van der Waals surface area (Å²) in [7, 11) is -3.22. The fraction of sp³-hybridized carbons (Fsp3) is 0.812. The van der Waals surface area contributed by atoms with Crippen LogP contribution >= 0.6 is 0 Å². The molecule has 2 fully saturated rings. The van der Waals surface area contributed by atoms with Gasteiger partial charge < -0.3 is 4.52 Å². The summed E-state index contributed by atoms with van der Waals surface area (Å²) in [5.74, 6) is 2.85. The summed E-state index contributed by atoms with van der Waals surface area (Å²) in [5, 5.41) is 3.92. The van der Waals surface area contributed by atoms with E-state index >= 15 is 0 Å². The summed E-state index contributed by atoms with van der Waals surface area (Å²) < 4.78 is 32.8. The van der Waals surface area contributed by atoms with Crippen molar-refractivity contribution in [1.82, 2.24) is 9.88 Å². The molecular weight excluding hydrogens is 300 g/mol. The molecule has 5 nitrogen and oxygen atoms in total. The van der Waals surface area contributed by atoms with E-state index in [0.29, 0.717) is 24.0 Å².